The van der Waals surface area contributed by atoms with Gasteiger partial charge in [-0.05, 0) is 62.1 Å². The Hall–Kier alpha value is -4.40. The highest BCUT2D eigenvalue weighted by Gasteiger charge is 2.24. The van der Waals surface area contributed by atoms with Crippen LogP contribution in [0.15, 0.2) is 54.6 Å². The molecule has 9 heteroatoms. The molecule has 0 bridgehead atoms. The van der Waals surface area contributed by atoms with Crippen molar-refractivity contribution in [3.8, 4) is 5.75 Å². The molecule has 0 unspecified atom stereocenters. The van der Waals surface area contributed by atoms with Crippen LogP contribution in [0.25, 0.3) is 0 Å². The van der Waals surface area contributed by atoms with Crippen LogP contribution in [-0.2, 0) is 0 Å². The molecule has 1 aromatic heterocycles. The number of amides is 2. The van der Waals surface area contributed by atoms with Gasteiger partial charge in [0, 0.05) is 49.9 Å². The number of hydrogen-bond donors (Lipinski definition) is 4. The van der Waals surface area contributed by atoms with Gasteiger partial charge in [0.2, 0.25) is 0 Å². The van der Waals surface area contributed by atoms with E-state index in [9.17, 15) is 14.7 Å². The Balaban J connectivity index is 1.43. The minimum absolute atomic E-state index is 0.0316. The molecule has 1 saturated heterocycles. The molecule has 198 valence electrons. The van der Waals surface area contributed by atoms with Gasteiger partial charge >= 0.3 is 6.03 Å². The third-order valence-electron chi connectivity index (χ3n) is 6.73. The summed E-state index contributed by atoms with van der Waals surface area (Å²) in [5.41, 5.74) is 3.02. The molecule has 2 amide bonds. The van der Waals surface area contributed by atoms with E-state index in [0.717, 1.165) is 0 Å². The Morgan fingerprint density at radius 1 is 0.974 bits per heavy atom. The van der Waals surface area contributed by atoms with Crippen LogP contribution in [0.4, 0.5) is 16.4 Å². The number of piperidine rings is 1. The Kier molecular flexibility index (Phi) is 7.95. The Bertz CT molecular complexity index is 1320. The topological polar surface area (TPSA) is 122 Å². The maximum absolute atomic E-state index is 13.4. The summed E-state index contributed by atoms with van der Waals surface area (Å²) in [6.45, 7) is 4.89. The number of phenols is 1. The van der Waals surface area contributed by atoms with Crippen molar-refractivity contribution in [2.45, 2.75) is 32.7 Å². The average Bonchev–Trinajstić information content (AvgIpc) is 2.91. The maximum atomic E-state index is 13.4. The summed E-state index contributed by atoms with van der Waals surface area (Å²) < 4.78 is 0. The van der Waals surface area contributed by atoms with Crippen LogP contribution >= 0.6 is 0 Å². The number of ketones is 1. The monoisotopic (exact) mass is 514 g/mol. The molecule has 1 aliphatic heterocycles. The van der Waals surface area contributed by atoms with E-state index < -0.39 is 6.03 Å². The molecule has 0 aliphatic carbocycles. The van der Waals surface area contributed by atoms with Crippen molar-refractivity contribution in [2.75, 3.05) is 37.0 Å². The fourth-order valence-electron chi connectivity index (χ4n) is 4.54. The lowest BCUT2D eigenvalue weighted by molar-refractivity contribution is 0.103. The molecule has 9 nitrogen and oxygen atoms in total. The fourth-order valence-corrected chi connectivity index (χ4v) is 4.54. The summed E-state index contributed by atoms with van der Waals surface area (Å²) in [6.07, 6.45) is 1.42. The molecular formula is C29H34N6O3. The van der Waals surface area contributed by atoms with Gasteiger partial charge in [-0.1, -0.05) is 30.3 Å². The van der Waals surface area contributed by atoms with Crippen molar-refractivity contribution in [1.82, 2.24) is 15.6 Å². The lowest BCUT2D eigenvalue weighted by Crippen LogP contribution is -2.49. The largest absolute Gasteiger partial charge is 0.507 e. The lowest BCUT2D eigenvalue weighted by Gasteiger charge is -2.33. The number of benzene rings is 2. The number of carbonyl (C=O) groups excluding carboxylic acids is 2. The van der Waals surface area contributed by atoms with Gasteiger partial charge in [0.25, 0.3) is 0 Å². The average molecular weight is 515 g/mol. The van der Waals surface area contributed by atoms with Crippen LogP contribution in [0.5, 0.6) is 5.75 Å². The molecule has 3 aromatic rings. The van der Waals surface area contributed by atoms with E-state index in [0.29, 0.717) is 65.4 Å². The van der Waals surface area contributed by atoms with Crippen molar-refractivity contribution in [2.24, 2.45) is 0 Å². The molecule has 0 saturated carbocycles. The van der Waals surface area contributed by atoms with Gasteiger partial charge in [0.15, 0.2) is 5.78 Å². The molecular weight excluding hydrogens is 480 g/mol. The molecule has 2 aromatic carbocycles. The maximum Gasteiger partial charge on any atom is 0.320 e. The zero-order valence-corrected chi connectivity index (χ0v) is 22.2. The Labute approximate surface area is 223 Å². The first kappa shape index (κ1) is 26.7. The molecule has 0 atom stereocenters. The van der Waals surface area contributed by atoms with Crippen LogP contribution in [0.1, 0.15) is 45.5 Å². The number of urea groups is 1. The van der Waals surface area contributed by atoms with Gasteiger partial charge in [-0.3, -0.25) is 15.5 Å². The van der Waals surface area contributed by atoms with Crippen molar-refractivity contribution >= 4 is 29.3 Å². The minimum atomic E-state index is -0.391. The zero-order chi connectivity index (χ0) is 27.4. The van der Waals surface area contributed by atoms with Crippen LogP contribution in [0.3, 0.4) is 0 Å². The van der Waals surface area contributed by atoms with Crippen molar-refractivity contribution in [1.29, 1.82) is 5.41 Å². The summed E-state index contributed by atoms with van der Waals surface area (Å²) >= 11 is 0. The highest BCUT2D eigenvalue weighted by Crippen LogP contribution is 2.27. The third-order valence-corrected chi connectivity index (χ3v) is 6.73. The van der Waals surface area contributed by atoms with Crippen molar-refractivity contribution in [3.63, 3.8) is 0 Å². The van der Waals surface area contributed by atoms with Gasteiger partial charge in [0.05, 0.1) is 0 Å². The summed E-state index contributed by atoms with van der Waals surface area (Å²) in [5, 5.41) is 23.8. The number of pyridine rings is 1. The number of aromatic nitrogens is 1. The van der Waals surface area contributed by atoms with E-state index in [4.69, 9.17) is 10.4 Å². The molecule has 38 heavy (non-hydrogen) atoms. The molecule has 4 rings (SSSR count). The predicted octanol–water partition coefficient (Wildman–Crippen LogP) is 3.99. The van der Waals surface area contributed by atoms with Crippen molar-refractivity contribution in [3.05, 3.63) is 82.4 Å². The Morgan fingerprint density at radius 3 is 2.18 bits per heavy atom. The quantitative estimate of drug-likeness (QED) is 0.224. The number of hydrogen-bond acceptors (Lipinski definition) is 7. The number of aromatic hydroxyl groups is 1. The molecule has 4 N–H and O–H groups in total. The van der Waals surface area contributed by atoms with E-state index in [-0.39, 0.29) is 23.4 Å². The molecule has 1 aliphatic rings. The number of amidine groups is 1. The normalized spacial score (nSPS) is 13.6. The number of phenolic OH excluding ortho intramolecular Hbond substituents is 1. The lowest BCUT2D eigenvalue weighted by atomic mass is 9.98. The summed E-state index contributed by atoms with van der Waals surface area (Å²) in [6, 6.07) is 15.7. The summed E-state index contributed by atoms with van der Waals surface area (Å²) in [7, 11) is 3.77. The van der Waals surface area contributed by atoms with E-state index in [1.54, 1.807) is 44.2 Å². The molecule has 0 radical (unpaired) electrons. The van der Waals surface area contributed by atoms with Crippen LogP contribution in [0.2, 0.25) is 0 Å². The van der Waals surface area contributed by atoms with Gasteiger partial charge in [-0.15, -0.1) is 0 Å². The highest BCUT2D eigenvalue weighted by molar-refractivity contribution is 6.10. The first-order valence-electron chi connectivity index (χ1n) is 12.6. The number of aryl methyl sites for hydroxylation is 2. The van der Waals surface area contributed by atoms with E-state index >= 15 is 0 Å². The van der Waals surface area contributed by atoms with Crippen molar-refractivity contribution < 1.29 is 14.7 Å². The second kappa shape index (κ2) is 11.3. The van der Waals surface area contributed by atoms with Crippen LogP contribution < -0.4 is 20.4 Å². The van der Waals surface area contributed by atoms with E-state index in [2.05, 4.69) is 15.5 Å². The van der Waals surface area contributed by atoms with Gasteiger partial charge < -0.3 is 20.2 Å². The van der Waals surface area contributed by atoms with E-state index in [1.807, 2.05) is 43.3 Å². The first-order valence-corrected chi connectivity index (χ1v) is 12.6. The van der Waals surface area contributed by atoms with Gasteiger partial charge in [0.1, 0.15) is 23.2 Å². The second-order valence-corrected chi connectivity index (χ2v) is 9.86. The molecule has 1 fully saturated rings. The predicted molar refractivity (Wildman–Crippen MR) is 150 cm³/mol. The Morgan fingerprint density at radius 2 is 1.58 bits per heavy atom. The number of nitrogens with zero attached hydrogens (tertiary/aromatic N) is 3. The number of rotatable bonds is 6. The highest BCUT2D eigenvalue weighted by atomic mass is 16.3. The van der Waals surface area contributed by atoms with Gasteiger partial charge in [-0.25, -0.2) is 9.78 Å². The molecule has 2 heterocycles. The second-order valence-electron chi connectivity index (χ2n) is 9.86. The summed E-state index contributed by atoms with van der Waals surface area (Å²) in [5.74, 6) is 1.52. The standard InChI is InChI=1S/C29H34N6O3/c1-18-14-21(15-19(2)26(18)36)27(37)22-16-24(34(3)4)32-25(17-22)35-12-10-23(11-13-35)31-29(38)33-28(30)20-8-6-5-7-9-20/h5-9,14-17,23,36H,10-13H2,1-4H3,(H3,30,31,33,38). The zero-order valence-electron chi connectivity index (χ0n) is 22.2. The van der Waals surface area contributed by atoms with Crippen LogP contribution in [-0.4, -0.2) is 61.0 Å². The van der Waals surface area contributed by atoms with E-state index in [1.165, 1.54) is 0 Å². The number of carbonyl (C=O) groups is 2. The fraction of sp³-hybridized carbons (Fsp3) is 0.310. The smallest absolute Gasteiger partial charge is 0.320 e. The van der Waals surface area contributed by atoms with Crippen LogP contribution in [0, 0.1) is 19.3 Å². The first-order chi connectivity index (χ1) is 18.1. The minimum Gasteiger partial charge on any atom is -0.507 e. The van der Waals surface area contributed by atoms with Gasteiger partial charge in [-0.2, -0.15) is 0 Å². The number of nitrogens with one attached hydrogen (secondary N) is 3. The third kappa shape index (κ3) is 6.11. The SMILES string of the molecule is Cc1cc(C(=O)c2cc(N(C)C)nc(N3CCC(NC(=O)NC(=N)c4ccccc4)CC3)c2)cc(C)c1O. The molecule has 0 spiro atoms. The number of anilines is 2. The summed E-state index contributed by atoms with van der Waals surface area (Å²) in [4.78, 5) is 34.6.